The van der Waals surface area contributed by atoms with E-state index in [1.165, 1.54) is 0 Å². The Bertz CT molecular complexity index is 454. The number of anilines is 1. The second kappa shape index (κ2) is 6.75. The van der Waals surface area contributed by atoms with E-state index >= 15 is 0 Å². The lowest BCUT2D eigenvalue weighted by Gasteiger charge is -2.13. The van der Waals surface area contributed by atoms with Gasteiger partial charge in [-0.3, -0.25) is 4.79 Å². The highest BCUT2D eigenvalue weighted by Crippen LogP contribution is 2.26. The van der Waals surface area contributed by atoms with Gasteiger partial charge in [0.15, 0.2) is 0 Å². The lowest BCUT2D eigenvalue weighted by Crippen LogP contribution is -2.29. The SMILES string of the molecule is Cc1ccc(O)c(NC(=O)[C@@H]2CC[C@H](CN)O2)c1.Cl. The number of ether oxygens (including phenoxy) is 1. The molecule has 2 atom stereocenters. The van der Waals surface area contributed by atoms with Crippen molar-refractivity contribution in [3.8, 4) is 5.75 Å². The Labute approximate surface area is 118 Å². The summed E-state index contributed by atoms with van der Waals surface area (Å²) in [6, 6.07) is 5.06. The number of halogens is 1. The predicted molar refractivity (Wildman–Crippen MR) is 75.7 cm³/mol. The Balaban J connectivity index is 0.00000180. The normalized spacial score (nSPS) is 21.8. The molecule has 5 nitrogen and oxygen atoms in total. The zero-order valence-corrected chi connectivity index (χ0v) is 11.6. The van der Waals surface area contributed by atoms with Gasteiger partial charge in [0.1, 0.15) is 11.9 Å². The molecule has 19 heavy (non-hydrogen) atoms. The number of aryl methyl sites for hydroxylation is 1. The van der Waals surface area contributed by atoms with Gasteiger partial charge >= 0.3 is 0 Å². The summed E-state index contributed by atoms with van der Waals surface area (Å²) in [6.45, 7) is 2.32. The van der Waals surface area contributed by atoms with Crippen LogP contribution in [-0.4, -0.2) is 29.8 Å². The van der Waals surface area contributed by atoms with Gasteiger partial charge in [0.25, 0.3) is 5.91 Å². The number of hydrogen-bond donors (Lipinski definition) is 3. The molecule has 0 bridgehead atoms. The number of carbonyl (C=O) groups excluding carboxylic acids is 1. The maximum atomic E-state index is 12.0. The Morgan fingerprint density at radius 3 is 2.89 bits per heavy atom. The molecule has 0 aromatic heterocycles. The molecular weight excluding hydrogens is 268 g/mol. The molecule has 4 N–H and O–H groups in total. The third kappa shape index (κ3) is 3.83. The number of nitrogens with one attached hydrogen (secondary N) is 1. The number of nitrogens with two attached hydrogens (primary N) is 1. The topological polar surface area (TPSA) is 84.6 Å². The molecule has 1 aromatic carbocycles. The fraction of sp³-hybridized carbons (Fsp3) is 0.462. The first-order chi connectivity index (χ1) is 8.60. The van der Waals surface area contributed by atoms with Crippen molar-refractivity contribution < 1.29 is 14.6 Å². The summed E-state index contributed by atoms with van der Waals surface area (Å²) in [5, 5.41) is 12.3. The lowest BCUT2D eigenvalue weighted by molar-refractivity contribution is -0.126. The van der Waals surface area contributed by atoms with Gasteiger partial charge in [-0.2, -0.15) is 0 Å². The zero-order valence-electron chi connectivity index (χ0n) is 10.8. The van der Waals surface area contributed by atoms with Crippen molar-refractivity contribution >= 4 is 24.0 Å². The number of benzene rings is 1. The third-order valence-corrected chi connectivity index (χ3v) is 3.07. The van der Waals surface area contributed by atoms with E-state index in [9.17, 15) is 9.90 Å². The molecule has 1 amide bonds. The standard InChI is InChI=1S/C13H18N2O3.ClH/c1-8-2-4-11(16)10(6-8)15-13(17)12-5-3-9(7-14)18-12;/h2,4,6,9,12,16H,3,5,7,14H2,1H3,(H,15,17);1H/t9-,12+;/m1./s1. The zero-order chi connectivity index (χ0) is 13.1. The van der Waals surface area contributed by atoms with Crippen molar-refractivity contribution in [2.75, 3.05) is 11.9 Å². The number of rotatable bonds is 3. The minimum absolute atomic E-state index is 0. The van der Waals surface area contributed by atoms with Crippen molar-refractivity contribution in [3.05, 3.63) is 23.8 Å². The molecule has 1 aromatic rings. The highest BCUT2D eigenvalue weighted by atomic mass is 35.5. The number of aromatic hydroxyl groups is 1. The highest BCUT2D eigenvalue weighted by Gasteiger charge is 2.30. The summed E-state index contributed by atoms with van der Waals surface area (Å²) in [6.07, 6.45) is 0.958. The van der Waals surface area contributed by atoms with Crippen LogP contribution in [0, 0.1) is 6.92 Å². The van der Waals surface area contributed by atoms with Gasteiger partial charge in [0, 0.05) is 6.54 Å². The molecule has 1 fully saturated rings. The summed E-state index contributed by atoms with van der Waals surface area (Å²) < 4.78 is 5.50. The molecule has 0 spiro atoms. The molecule has 106 valence electrons. The van der Waals surface area contributed by atoms with Crippen LogP contribution in [0.25, 0.3) is 0 Å². The molecule has 1 aliphatic heterocycles. The summed E-state index contributed by atoms with van der Waals surface area (Å²) in [5.41, 5.74) is 6.88. The van der Waals surface area contributed by atoms with Crippen molar-refractivity contribution in [3.63, 3.8) is 0 Å². The minimum atomic E-state index is -0.474. The second-order valence-corrected chi connectivity index (χ2v) is 4.57. The van der Waals surface area contributed by atoms with Crippen LogP contribution >= 0.6 is 12.4 Å². The first kappa shape index (κ1) is 15.8. The van der Waals surface area contributed by atoms with E-state index in [4.69, 9.17) is 10.5 Å². The predicted octanol–water partition coefficient (Wildman–Crippen LogP) is 1.57. The number of hydrogen-bond acceptors (Lipinski definition) is 4. The van der Waals surface area contributed by atoms with E-state index in [0.717, 1.165) is 12.0 Å². The molecular formula is C13H19ClN2O3. The van der Waals surface area contributed by atoms with Crippen molar-refractivity contribution in [2.24, 2.45) is 5.73 Å². The number of amides is 1. The van der Waals surface area contributed by atoms with Crippen LogP contribution in [0.15, 0.2) is 18.2 Å². The van der Waals surface area contributed by atoms with Gasteiger partial charge in [-0.25, -0.2) is 0 Å². The summed E-state index contributed by atoms with van der Waals surface area (Å²) >= 11 is 0. The first-order valence-corrected chi connectivity index (χ1v) is 6.06. The lowest BCUT2D eigenvalue weighted by atomic mass is 10.1. The Hall–Kier alpha value is -1.30. The van der Waals surface area contributed by atoms with Gasteiger partial charge in [-0.15, -0.1) is 12.4 Å². The summed E-state index contributed by atoms with van der Waals surface area (Å²) in [5.74, 6) is -0.172. The molecule has 0 aliphatic carbocycles. The average molecular weight is 287 g/mol. The first-order valence-electron chi connectivity index (χ1n) is 6.06. The summed E-state index contributed by atoms with van der Waals surface area (Å²) in [4.78, 5) is 12.0. The average Bonchev–Trinajstić information content (AvgIpc) is 2.82. The number of phenolic OH excluding ortho intramolecular Hbond substituents is 1. The molecule has 2 rings (SSSR count). The minimum Gasteiger partial charge on any atom is -0.506 e. The van der Waals surface area contributed by atoms with Gasteiger partial charge in [-0.05, 0) is 37.5 Å². The van der Waals surface area contributed by atoms with Crippen molar-refractivity contribution in [1.82, 2.24) is 0 Å². The fourth-order valence-corrected chi connectivity index (χ4v) is 2.04. The second-order valence-electron chi connectivity index (χ2n) is 4.57. The van der Waals surface area contributed by atoms with E-state index in [2.05, 4.69) is 5.32 Å². The van der Waals surface area contributed by atoms with E-state index < -0.39 is 6.10 Å². The van der Waals surface area contributed by atoms with E-state index in [-0.39, 0.29) is 30.2 Å². The van der Waals surface area contributed by atoms with Gasteiger partial charge < -0.3 is 20.9 Å². The molecule has 6 heteroatoms. The Morgan fingerprint density at radius 2 is 2.26 bits per heavy atom. The van der Waals surface area contributed by atoms with Gasteiger partial charge in [-0.1, -0.05) is 6.07 Å². The van der Waals surface area contributed by atoms with E-state index in [1.54, 1.807) is 18.2 Å². The van der Waals surface area contributed by atoms with E-state index in [1.807, 2.05) is 6.92 Å². The van der Waals surface area contributed by atoms with E-state index in [0.29, 0.717) is 18.7 Å². The monoisotopic (exact) mass is 286 g/mol. The van der Waals surface area contributed by atoms with Crippen molar-refractivity contribution in [1.29, 1.82) is 0 Å². The van der Waals surface area contributed by atoms with Crippen LogP contribution < -0.4 is 11.1 Å². The van der Waals surface area contributed by atoms with Gasteiger partial charge in [0.05, 0.1) is 11.8 Å². The van der Waals surface area contributed by atoms with Crippen LogP contribution in [0.2, 0.25) is 0 Å². The number of phenols is 1. The third-order valence-electron chi connectivity index (χ3n) is 3.07. The van der Waals surface area contributed by atoms with Crippen LogP contribution in [0.4, 0.5) is 5.69 Å². The largest absolute Gasteiger partial charge is 0.506 e. The Morgan fingerprint density at radius 1 is 1.53 bits per heavy atom. The highest BCUT2D eigenvalue weighted by molar-refractivity contribution is 5.95. The van der Waals surface area contributed by atoms with Crippen LogP contribution in [0.5, 0.6) is 5.75 Å². The van der Waals surface area contributed by atoms with Gasteiger partial charge in [0.2, 0.25) is 0 Å². The molecule has 0 unspecified atom stereocenters. The van der Waals surface area contributed by atoms with Crippen molar-refractivity contribution in [2.45, 2.75) is 32.0 Å². The van der Waals surface area contributed by atoms with Crippen LogP contribution in [0.1, 0.15) is 18.4 Å². The quantitative estimate of drug-likeness (QED) is 0.736. The Kier molecular flexibility index (Phi) is 5.60. The number of carbonyl (C=O) groups is 1. The van der Waals surface area contributed by atoms with Crippen LogP contribution in [0.3, 0.4) is 0 Å². The molecule has 0 radical (unpaired) electrons. The molecule has 1 aliphatic rings. The van der Waals surface area contributed by atoms with Crippen LogP contribution in [-0.2, 0) is 9.53 Å². The summed E-state index contributed by atoms with van der Waals surface area (Å²) in [7, 11) is 0. The molecule has 0 saturated carbocycles. The smallest absolute Gasteiger partial charge is 0.253 e. The maximum Gasteiger partial charge on any atom is 0.253 e. The fourth-order valence-electron chi connectivity index (χ4n) is 2.04. The maximum absolute atomic E-state index is 12.0. The molecule has 1 saturated heterocycles. The molecule has 1 heterocycles.